The average Bonchev–Trinajstić information content (AvgIpc) is 3.11. The highest BCUT2D eigenvalue weighted by atomic mass is 16.5. The third-order valence-electron chi connectivity index (χ3n) is 4.12. The molecule has 0 aliphatic carbocycles. The highest BCUT2D eigenvalue weighted by molar-refractivity contribution is 6.12. The second kappa shape index (κ2) is 5.81. The minimum absolute atomic E-state index is 0.326. The van der Waals surface area contributed by atoms with Gasteiger partial charge in [-0.3, -0.25) is 4.40 Å². The molecule has 0 N–H and O–H groups in total. The van der Waals surface area contributed by atoms with Gasteiger partial charge in [0.15, 0.2) is 0 Å². The number of aromatic nitrogens is 2. The number of hydrogen-bond acceptors (Lipinski definition) is 3. The molecule has 2 heterocycles. The number of hydrogen-bond donors (Lipinski definition) is 0. The molecule has 0 aliphatic heterocycles. The molecule has 4 nitrogen and oxygen atoms in total. The Bertz CT molecular complexity index is 1040. The summed E-state index contributed by atoms with van der Waals surface area (Å²) in [5.74, 6) is -0.326. The Morgan fingerprint density at radius 2 is 1.79 bits per heavy atom. The Hall–Kier alpha value is -3.14. The van der Waals surface area contributed by atoms with Crippen molar-refractivity contribution in [3.05, 3.63) is 72.7 Å². The summed E-state index contributed by atoms with van der Waals surface area (Å²) < 4.78 is 7.27. The molecule has 24 heavy (non-hydrogen) atoms. The van der Waals surface area contributed by atoms with Gasteiger partial charge in [0, 0.05) is 10.9 Å². The molecule has 0 bridgehead atoms. The summed E-state index contributed by atoms with van der Waals surface area (Å²) in [5.41, 5.74) is 4.19. The van der Waals surface area contributed by atoms with Crippen LogP contribution in [-0.2, 0) is 4.74 Å². The first kappa shape index (κ1) is 14.5. The van der Waals surface area contributed by atoms with Crippen molar-refractivity contribution in [2.24, 2.45) is 0 Å². The fourth-order valence-corrected chi connectivity index (χ4v) is 3.14. The maximum Gasteiger partial charge on any atom is 0.340 e. The Labute approximate surface area is 139 Å². The summed E-state index contributed by atoms with van der Waals surface area (Å²) in [6.45, 7) is 2.15. The van der Waals surface area contributed by atoms with Crippen molar-refractivity contribution in [1.29, 1.82) is 0 Å². The number of fused-ring (bicyclic) bond motifs is 3. The van der Waals surface area contributed by atoms with E-state index in [1.807, 2.05) is 65.9 Å². The van der Waals surface area contributed by atoms with Gasteiger partial charge in [-0.1, -0.05) is 48.5 Å². The van der Waals surface area contributed by atoms with E-state index < -0.39 is 0 Å². The highest BCUT2D eigenvalue weighted by Gasteiger charge is 2.22. The monoisotopic (exact) mass is 316 g/mol. The normalized spacial score (nSPS) is 11.0. The molecule has 4 aromatic rings. The van der Waals surface area contributed by atoms with Crippen LogP contribution in [0.2, 0.25) is 0 Å². The van der Waals surface area contributed by atoms with E-state index in [9.17, 15) is 4.79 Å². The molecule has 4 heteroatoms. The van der Waals surface area contributed by atoms with Gasteiger partial charge in [0.25, 0.3) is 0 Å². The molecule has 0 saturated carbocycles. The van der Waals surface area contributed by atoms with Gasteiger partial charge < -0.3 is 4.74 Å². The van der Waals surface area contributed by atoms with E-state index in [2.05, 4.69) is 4.98 Å². The maximum absolute atomic E-state index is 12.7. The number of esters is 1. The minimum atomic E-state index is -0.326. The number of nitrogens with zero attached hydrogens (tertiary/aromatic N) is 2. The number of ether oxygens (including phenoxy) is 1. The van der Waals surface area contributed by atoms with Crippen LogP contribution in [0, 0.1) is 0 Å². The largest absolute Gasteiger partial charge is 0.462 e. The van der Waals surface area contributed by atoms with Crippen molar-refractivity contribution >= 4 is 22.4 Å². The zero-order valence-electron chi connectivity index (χ0n) is 13.3. The lowest BCUT2D eigenvalue weighted by Crippen LogP contribution is -2.09. The van der Waals surface area contributed by atoms with E-state index in [1.165, 1.54) is 0 Å². The maximum atomic E-state index is 12.7. The van der Waals surface area contributed by atoms with Gasteiger partial charge >= 0.3 is 5.97 Å². The molecule has 0 unspecified atom stereocenters. The molecule has 4 rings (SSSR count). The lowest BCUT2D eigenvalue weighted by molar-refractivity contribution is 0.0529. The molecule has 2 aromatic carbocycles. The summed E-state index contributed by atoms with van der Waals surface area (Å²) in [7, 11) is 0. The van der Waals surface area contributed by atoms with Crippen molar-refractivity contribution < 1.29 is 9.53 Å². The lowest BCUT2D eigenvalue weighted by Gasteiger charge is -2.15. The molecule has 0 amide bonds. The van der Waals surface area contributed by atoms with Crippen LogP contribution in [0.1, 0.15) is 17.3 Å². The molecular formula is C20H16N2O2. The smallest absolute Gasteiger partial charge is 0.340 e. The molecule has 0 aliphatic rings. The SMILES string of the molecule is CCOC(=O)c1c(-c2ccccc2)c2ccccc2n2cncc12. The number of rotatable bonds is 3. The fraction of sp³-hybridized carbons (Fsp3) is 0.100. The van der Waals surface area contributed by atoms with Crippen molar-refractivity contribution in [1.82, 2.24) is 9.38 Å². The first-order valence-electron chi connectivity index (χ1n) is 7.90. The van der Waals surface area contributed by atoms with E-state index in [0.29, 0.717) is 12.2 Å². The van der Waals surface area contributed by atoms with Crippen LogP contribution in [0.25, 0.3) is 27.5 Å². The van der Waals surface area contributed by atoms with Crippen LogP contribution in [-0.4, -0.2) is 22.0 Å². The standard InChI is InChI=1S/C20H16N2O2/c1-2-24-20(23)19-17-12-21-13-22(17)16-11-7-6-10-15(16)18(19)14-8-4-3-5-9-14/h3-13H,2H2,1H3. The second-order valence-electron chi connectivity index (χ2n) is 5.50. The topological polar surface area (TPSA) is 43.6 Å². The number of carbonyl (C=O) groups excluding carboxylic acids is 1. The first-order chi connectivity index (χ1) is 11.8. The number of pyridine rings is 1. The van der Waals surface area contributed by atoms with Gasteiger partial charge in [0.1, 0.15) is 0 Å². The van der Waals surface area contributed by atoms with Crippen LogP contribution >= 0.6 is 0 Å². The molecular weight excluding hydrogens is 300 g/mol. The van der Waals surface area contributed by atoms with Crippen LogP contribution in [0.4, 0.5) is 0 Å². The molecule has 0 spiro atoms. The first-order valence-corrected chi connectivity index (χ1v) is 7.90. The third-order valence-corrected chi connectivity index (χ3v) is 4.12. The predicted molar refractivity (Wildman–Crippen MR) is 94.1 cm³/mol. The molecule has 0 radical (unpaired) electrons. The average molecular weight is 316 g/mol. The Kier molecular flexibility index (Phi) is 3.50. The van der Waals surface area contributed by atoms with Gasteiger partial charge in [0.2, 0.25) is 0 Å². The van der Waals surface area contributed by atoms with E-state index in [4.69, 9.17) is 4.74 Å². The molecule has 118 valence electrons. The van der Waals surface area contributed by atoms with E-state index in [-0.39, 0.29) is 5.97 Å². The number of para-hydroxylation sites is 1. The van der Waals surface area contributed by atoms with Crippen molar-refractivity contribution in [3.63, 3.8) is 0 Å². The zero-order valence-corrected chi connectivity index (χ0v) is 13.3. The molecule has 2 aromatic heterocycles. The van der Waals surface area contributed by atoms with Crippen LogP contribution in [0.3, 0.4) is 0 Å². The Morgan fingerprint density at radius 3 is 2.58 bits per heavy atom. The van der Waals surface area contributed by atoms with Crippen LogP contribution in [0.15, 0.2) is 67.1 Å². The fourth-order valence-electron chi connectivity index (χ4n) is 3.14. The summed E-state index contributed by atoms with van der Waals surface area (Å²) in [6, 6.07) is 18.0. The molecule has 0 saturated heterocycles. The van der Waals surface area contributed by atoms with Gasteiger partial charge in [-0.25, -0.2) is 9.78 Å². The number of imidazole rings is 1. The second-order valence-corrected chi connectivity index (χ2v) is 5.50. The van der Waals surface area contributed by atoms with Gasteiger partial charge in [-0.15, -0.1) is 0 Å². The molecule has 0 fully saturated rings. The third kappa shape index (κ3) is 2.15. The summed E-state index contributed by atoms with van der Waals surface area (Å²) in [5, 5.41) is 0.997. The van der Waals surface area contributed by atoms with Crippen LogP contribution < -0.4 is 0 Å². The lowest BCUT2D eigenvalue weighted by atomic mass is 9.95. The Morgan fingerprint density at radius 1 is 1.04 bits per heavy atom. The summed E-state index contributed by atoms with van der Waals surface area (Å²) >= 11 is 0. The van der Waals surface area contributed by atoms with E-state index >= 15 is 0 Å². The highest BCUT2D eigenvalue weighted by Crippen LogP contribution is 2.35. The van der Waals surface area contributed by atoms with Crippen LogP contribution in [0.5, 0.6) is 0 Å². The molecule has 0 atom stereocenters. The van der Waals surface area contributed by atoms with Gasteiger partial charge in [0.05, 0.1) is 35.7 Å². The van der Waals surface area contributed by atoms with E-state index in [1.54, 1.807) is 12.5 Å². The quantitative estimate of drug-likeness (QED) is 0.528. The predicted octanol–water partition coefficient (Wildman–Crippen LogP) is 4.33. The van der Waals surface area contributed by atoms with Crippen molar-refractivity contribution in [2.45, 2.75) is 6.92 Å². The van der Waals surface area contributed by atoms with Gasteiger partial charge in [-0.2, -0.15) is 0 Å². The van der Waals surface area contributed by atoms with Crippen molar-refractivity contribution in [2.75, 3.05) is 6.61 Å². The minimum Gasteiger partial charge on any atom is -0.462 e. The van der Waals surface area contributed by atoms with E-state index in [0.717, 1.165) is 27.5 Å². The van der Waals surface area contributed by atoms with Crippen molar-refractivity contribution in [3.8, 4) is 11.1 Å². The number of carbonyl (C=O) groups is 1. The summed E-state index contributed by atoms with van der Waals surface area (Å²) in [4.78, 5) is 17.0. The van der Waals surface area contributed by atoms with Gasteiger partial charge in [-0.05, 0) is 18.6 Å². The zero-order chi connectivity index (χ0) is 16.5. The summed E-state index contributed by atoms with van der Waals surface area (Å²) in [6.07, 6.45) is 3.44. The Balaban J connectivity index is 2.20. The number of benzene rings is 2.